The standard InChI is InChI=1S/C68H132O17P2/c1-8-9-10-11-12-18-28-35-42-49-65(70)78-55-63(85-68(73)52-45-38-31-24-17-21-27-34-41-48-61(6)7)57-82-86(74,75)80-53-62(69)54-81-87(76,77)83-58-64(84-67(72)51-44-37-30-23-16-14-20-26-33-40-47-60(4)5)56-79-66(71)50-43-36-29-22-15-13-19-25-32-39-46-59(2)3/h59-64,69H,8-58H2,1-7H3,(H,74,75)(H,76,77)/t62-,63+,64+/m0/s1. The van der Waals surface area contributed by atoms with E-state index in [1.807, 2.05) is 0 Å². The molecular weight excluding hydrogens is 1150 g/mol. The molecule has 0 fully saturated rings. The van der Waals surface area contributed by atoms with Gasteiger partial charge in [-0.05, 0) is 43.4 Å². The molecule has 0 saturated carbocycles. The van der Waals surface area contributed by atoms with E-state index in [-0.39, 0.29) is 25.7 Å². The number of aliphatic hydroxyl groups is 1. The van der Waals surface area contributed by atoms with E-state index in [2.05, 4.69) is 48.5 Å². The number of rotatable bonds is 66. The van der Waals surface area contributed by atoms with Gasteiger partial charge in [-0.25, -0.2) is 9.13 Å². The fourth-order valence-electron chi connectivity index (χ4n) is 10.2. The lowest BCUT2D eigenvalue weighted by atomic mass is 10.0. The van der Waals surface area contributed by atoms with Crippen molar-refractivity contribution in [1.29, 1.82) is 0 Å². The predicted octanol–water partition coefficient (Wildman–Crippen LogP) is 19.1. The second-order valence-corrected chi connectivity index (χ2v) is 28.9. The van der Waals surface area contributed by atoms with Crippen molar-refractivity contribution in [3.8, 4) is 0 Å². The van der Waals surface area contributed by atoms with E-state index in [0.29, 0.717) is 25.7 Å². The molecule has 87 heavy (non-hydrogen) atoms. The van der Waals surface area contributed by atoms with Gasteiger partial charge in [0.25, 0.3) is 0 Å². The minimum atomic E-state index is -4.95. The van der Waals surface area contributed by atoms with Crippen LogP contribution in [-0.4, -0.2) is 96.7 Å². The molecule has 2 unspecified atom stereocenters. The molecule has 0 rings (SSSR count). The van der Waals surface area contributed by atoms with Gasteiger partial charge >= 0.3 is 39.5 Å². The minimum Gasteiger partial charge on any atom is -0.462 e. The molecule has 0 aromatic rings. The van der Waals surface area contributed by atoms with Gasteiger partial charge in [-0.1, -0.05) is 286 Å². The lowest BCUT2D eigenvalue weighted by molar-refractivity contribution is -0.161. The Labute approximate surface area is 530 Å². The number of esters is 4. The van der Waals surface area contributed by atoms with E-state index in [9.17, 15) is 43.2 Å². The topological polar surface area (TPSA) is 237 Å². The number of carbonyl (C=O) groups is 4. The maximum Gasteiger partial charge on any atom is 0.472 e. The Hall–Kier alpha value is -1.94. The van der Waals surface area contributed by atoms with Crippen molar-refractivity contribution in [2.24, 2.45) is 17.8 Å². The number of hydrogen-bond acceptors (Lipinski definition) is 15. The zero-order valence-electron chi connectivity index (χ0n) is 56.5. The highest BCUT2D eigenvalue weighted by Crippen LogP contribution is 2.45. The normalized spacial score (nSPS) is 14.3. The number of ether oxygens (including phenoxy) is 4. The summed E-state index contributed by atoms with van der Waals surface area (Å²) in [6.07, 6.45) is 41.6. The molecule has 0 heterocycles. The third kappa shape index (κ3) is 62.6. The van der Waals surface area contributed by atoms with Crippen molar-refractivity contribution < 1.29 is 80.2 Å². The van der Waals surface area contributed by atoms with Crippen molar-refractivity contribution in [2.75, 3.05) is 39.6 Å². The average Bonchev–Trinajstić information content (AvgIpc) is 3.68. The van der Waals surface area contributed by atoms with Gasteiger partial charge in [0.2, 0.25) is 0 Å². The quantitative estimate of drug-likeness (QED) is 0.0222. The molecule has 0 amide bonds. The Morgan fingerprint density at radius 3 is 0.782 bits per heavy atom. The summed E-state index contributed by atoms with van der Waals surface area (Å²) >= 11 is 0. The van der Waals surface area contributed by atoms with E-state index in [1.54, 1.807) is 0 Å². The molecule has 0 radical (unpaired) electrons. The number of carbonyl (C=O) groups excluding carboxylic acids is 4. The Bertz CT molecular complexity index is 1720. The van der Waals surface area contributed by atoms with Crippen LogP contribution in [0.15, 0.2) is 0 Å². The van der Waals surface area contributed by atoms with Gasteiger partial charge in [-0.2, -0.15) is 0 Å². The Morgan fingerprint density at radius 2 is 0.529 bits per heavy atom. The zero-order valence-corrected chi connectivity index (χ0v) is 58.3. The number of unbranched alkanes of at least 4 members (excludes halogenated alkanes) is 34. The van der Waals surface area contributed by atoms with Gasteiger partial charge in [-0.3, -0.25) is 37.3 Å². The van der Waals surface area contributed by atoms with Gasteiger partial charge in [0, 0.05) is 25.7 Å². The number of phosphoric acid groups is 2. The molecule has 0 aliphatic carbocycles. The van der Waals surface area contributed by atoms with Crippen molar-refractivity contribution in [3.63, 3.8) is 0 Å². The molecule has 0 aromatic heterocycles. The van der Waals surface area contributed by atoms with Crippen LogP contribution in [-0.2, 0) is 65.4 Å². The molecule has 0 aliphatic rings. The molecule has 0 aliphatic heterocycles. The zero-order chi connectivity index (χ0) is 64.5. The lowest BCUT2D eigenvalue weighted by Crippen LogP contribution is -2.30. The molecule has 0 bridgehead atoms. The second kappa shape index (κ2) is 59.1. The Morgan fingerprint density at radius 1 is 0.310 bits per heavy atom. The number of phosphoric ester groups is 2. The monoisotopic (exact) mass is 1280 g/mol. The summed E-state index contributed by atoms with van der Waals surface area (Å²) in [4.78, 5) is 72.4. The first kappa shape index (κ1) is 85.1. The maximum absolute atomic E-state index is 13.0. The van der Waals surface area contributed by atoms with Crippen molar-refractivity contribution in [2.45, 2.75) is 356 Å². The summed E-state index contributed by atoms with van der Waals surface area (Å²) in [5.74, 6) is 0.117. The van der Waals surface area contributed by atoms with Crippen LogP contribution in [0.2, 0.25) is 0 Å². The molecule has 5 atom stereocenters. The highest BCUT2D eigenvalue weighted by molar-refractivity contribution is 7.47. The van der Waals surface area contributed by atoms with Gasteiger partial charge in [-0.15, -0.1) is 0 Å². The Balaban J connectivity index is 5.25. The van der Waals surface area contributed by atoms with Crippen LogP contribution in [0.1, 0.15) is 337 Å². The Kier molecular flexibility index (Phi) is 57.8. The summed E-state index contributed by atoms with van der Waals surface area (Å²) in [5, 5.41) is 10.6. The fourth-order valence-corrected chi connectivity index (χ4v) is 11.8. The highest BCUT2D eigenvalue weighted by Gasteiger charge is 2.30. The van der Waals surface area contributed by atoms with Gasteiger partial charge in [0.1, 0.15) is 19.3 Å². The van der Waals surface area contributed by atoms with Crippen molar-refractivity contribution >= 4 is 39.5 Å². The van der Waals surface area contributed by atoms with E-state index in [0.717, 1.165) is 108 Å². The summed E-state index contributed by atoms with van der Waals surface area (Å²) in [5.41, 5.74) is 0. The smallest absolute Gasteiger partial charge is 0.462 e. The molecule has 0 aromatic carbocycles. The van der Waals surface area contributed by atoms with Gasteiger partial charge < -0.3 is 33.8 Å². The minimum absolute atomic E-state index is 0.105. The predicted molar refractivity (Wildman–Crippen MR) is 349 cm³/mol. The molecule has 516 valence electrons. The van der Waals surface area contributed by atoms with Crippen LogP contribution in [0.5, 0.6) is 0 Å². The lowest BCUT2D eigenvalue weighted by Gasteiger charge is -2.21. The molecule has 19 heteroatoms. The summed E-state index contributed by atoms with van der Waals surface area (Å²) in [6.45, 7) is 11.8. The first-order valence-electron chi connectivity index (χ1n) is 35.3. The third-order valence-electron chi connectivity index (χ3n) is 15.6. The van der Waals surface area contributed by atoms with Crippen LogP contribution in [0.3, 0.4) is 0 Å². The van der Waals surface area contributed by atoms with Gasteiger partial charge in [0.05, 0.1) is 26.4 Å². The van der Waals surface area contributed by atoms with Crippen LogP contribution in [0.4, 0.5) is 0 Å². The second-order valence-electron chi connectivity index (χ2n) is 26.0. The molecular formula is C68H132O17P2. The summed E-state index contributed by atoms with van der Waals surface area (Å²) in [6, 6.07) is 0. The first-order valence-corrected chi connectivity index (χ1v) is 38.3. The first-order chi connectivity index (χ1) is 41.7. The van der Waals surface area contributed by atoms with Crippen molar-refractivity contribution in [3.05, 3.63) is 0 Å². The highest BCUT2D eigenvalue weighted by atomic mass is 31.2. The van der Waals surface area contributed by atoms with E-state index in [4.69, 9.17) is 37.0 Å². The SMILES string of the molecule is CCCCCCCCCCCC(=O)OC[C@H](COP(=O)(O)OC[C@H](O)COP(=O)(O)OC[C@@H](COC(=O)CCCCCCCCCCCCC(C)C)OC(=O)CCCCCCCCCCCCC(C)C)OC(=O)CCCCCCCCCCCC(C)C. The van der Waals surface area contributed by atoms with Crippen LogP contribution in [0.25, 0.3) is 0 Å². The molecule has 0 spiro atoms. The van der Waals surface area contributed by atoms with E-state index < -0.39 is 97.5 Å². The number of aliphatic hydroxyl groups excluding tert-OH is 1. The largest absolute Gasteiger partial charge is 0.472 e. The molecule has 3 N–H and O–H groups in total. The number of hydrogen-bond donors (Lipinski definition) is 3. The van der Waals surface area contributed by atoms with E-state index >= 15 is 0 Å². The van der Waals surface area contributed by atoms with Gasteiger partial charge in [0.15, 0.2) is 12.2 Å². The van der Waals surface area contributed by atoms with Crippen LogP contribution >= 0.6 is 15.6 Å². The summed E-state index contributed by atoms with van der Waals surface area (Å²) in [7, 11) is -9.90. The summed E-state index contributed by atoms with van der Waals surface area (Å²) < 4.78 is 68.2. The van der Waals surface area contributed by atoms with Crippen molar-refractivity contribution in [1.82, 2.24) is 0 Å². The van der Waals surface area contributed by atoms with E-state index in [1.165, 1.54) is 148 Å². The van der Waals surface area contributed by atoms with Crippen LogP contribution < -0.4 is 0 Å². The third-order valence-corrected chi connectivity index (χ3v) is 17.5. The molecule has 17 nitrogen and oxygen atoms in total. The molecule has 0 saturated heterocycles. The average molecular weight is 1280 g/mol. The van der Waals surface area contributed by atoms with Crippen LogP contribution in [0, 0.1) is 17.8 Å². The fraction of sp³-hybridized carbons (Fsp3) is 0.941. The maximum atomic E-state index is 13.0.